The van der Waals surface area contributed by atoms with E-state index in [-0.39, 0.29) is 17.2 Å². The standard InChI is InChI=1S/C32H40BrN3O2/c1-22(37)35-19-26-16-27(33)12-13-28(26)32(21-35)20-34-18-29(32)31(38)36-15-14-25(23-8-4-2-5-9-23)17-30(36)24-10-6-3-7-11-24/h2,4-5,8-9,12-13,16,24-25,29-30,34H,3,6-7,10-11,14-15,17-21H2,1H3/t25-,29+,30+,32-/m1/s1. The lowest BCUT2D eigenvalue weighted by atomic mass is 9.67. The molecule has 38 heavy (non-hydrogen) atoms. The summed E-state index contributed by atoms with van der Waals surface area (Å²) in [4.78, 5) is 31.6. The van der Waals surface area contributed by atoms with Crippen molar-refractivity contribution in [3.8, 4) is 0 Å². The van der Waals surface area contributed by atoms with Crippen molar-refractivity contribution in [2.45, 2.75) is 75.8 Å². The molecule has 0 radical (unpaired) electrons. The van der Waals surface area contributed by atoms with Crippen LogP contribution in [0.2, 0.25) is 0 Å². The number of hydrogen-bond acceptors (Lipinski definition) is 3. The third kappa shape index (κ3) is 4.72. The summed E-state index contributed by atoms with van der Waals surface area (Å²) >= 11 is 3.63. The van der Waals surface area contributed by atoms with Crippen LogP contribution in [0.4, 0.5) is 0 Å². The molecule has 0 unspecified atom stereocenters. The number of benzene rings is 2. The van der Waals surface area contributed by atoms with Gasteiger partial charge in [-0.1, -0.05) is 71.6 Å². The maximum absolute atomic E-state index is 14.7. The van der Waals surface area contributed by atoms with Crippen molar-refractivity contribution in [2.75, 3.05) is 26.2 Å². The number of carbonyl (C=O) groups excluding carboxylic acids is 2. The first-order chi connectivity index (χ1) is 18.5. The number of hydrogen-bond donors (Lipinski definition) is 1. The van der Waals surface area contributed by atoms with Crippen LogP contribution in [-0.2, 0) is 21.5 Å². The molecule has 2 aromatic rings. The first-order valence-corrected chi connectivity index (χ1v) is 15.4. The summed E-state index contributed by atoms with van der Waals surface area (Å²) in [5.41, 5.74) is 3.44. The van der Waals surface area contributed by atoms with Crippen LogP contribution in [0.25, 0.3) is 0 Å². The molecule has 0 bridgehead atoms. The van der Waals surface area contributed by atoms with E-state index in [9.17, 15) is 9.59 Å². The van der Waals surface area contributed by atoms with Crippen molar-refractivity contribution in [2.24, 2.45) is 11.8 Å². The Bertz CT molecular complexity index is 1180. The molecule has 2 aromatic carbocycles. The third-order valence-electron chi connectivity index (χ3n) is 10.0. The van der Waals surface area contributed by atoms with Crippen molar-refractivity contribution >= 4 is 27.7 Å². The molecule has 6 heteroatoms. The van der Waals surface area contributed by atoms with Gasteiger partial charge in [-0.25, -0.2) is 0 Å². The van der Waals surface area contributed by atoms with Gasteiger partial charge in [0.05, 0.1) is 5.92 Å². The Balaban J connectivity index is 1.33. The minimum Gasteiger partial charge on any atom is -0.339 e. The van der Waals surface area contributed by atoms with Crippen LogP contribution < -0.4 is 5.32 Å². The molecule has 202 valence electrons. The lowest BCUT2D eigenvalue weighted by molar-refractivity contribution is -0.144. The van der Waals surface area contributed by atoms with Crippen LogP contribution >= 0.6 is 15.9 Å². The highest BCUT2D eigenvalue weighted by atomic mass is 79.9. The largest absolute Gasteiger partial charge is 0.339 e. The van der Waals surface area contributed by atoms with Crippen LogP contribution in [0.15, 0.2) is 53.0 Å². The quantitative estimate of drug-likeness (QED) is 0.515. The minimum absolute atomic E-state index is 0.0804. The van der Waals surface area contributed by atoms with Gasteiger partial charge in [-0.05, 0) is 66.3 Å². The number of nitrogens with zero attached hydrogens (tertiary/aromatic N) is 2. The molecule has 4 atom stereocenters. The van der Waals surface area contributed by atoms with Gasteiger partial charge >= 0.3 is 0 Å². The number of nitrogens with one attached hydrogen (secondary N) is 1. The molecule has 2 amide bonds. The van der Waals surface area contributed by atoms with E-state index in [0.717, 1.165) is 36.0 Å². The number of likely N-dealkylation sites (tertiary alicyclic amines) is 1. The molecule has 1 spiro atoms. The van der Waals surface area contributed by atoms with Gasteiger partial charge in [0, 0.05) is 55.6 Å². The fraction of sp³-hybridized carbons (Fsp3) is 0.562. The maximum Gasteiger partial charge on any atom is 0.228 e. The molecule has 1 aliphatic carbocycles. The summed E-state index contributed by atoms with van der Waals surface area (Å²) in [6.07, 6.45) is 8.44. The van der Waals surface area contributed by atoms with Crippen molar-refractivity contribution in [1.29, 1.82) is 0 Å². The zero-order valence-corrected chi connectivity index (χ0v) is 24.1. The van der Waals surface area contributed by atoms with E-state index in [0.29, 0.717) is 43.4 Å². The van der Waals surface area contributed by atoms with Gasteiger partial charge in [0.25, 0.3) is 0 Å². The second-order valence-corrected chi connectivity index (χ2v) is 13.1. The Kier molecular flexibility index (Phi) is 7.38. The van der Waals surface area contributed by atoms with Crippen LogP contribution in [0, 0.1) is 11.8 Å². The normalized spacial score (nSPS) is 29.9. The van der Waals surface area contributed by atoms with Crippen molar-refractivity contribution < 1.29 is 9.59 Å². The fourth-order valence-corrected chi connectivity index (χ4v) is 8.49. The Morgan fingerprint density at radius 2 is 1.82 bits per heavy atom. The van der Waals surface area contributed by atoms with Crippen LogP contribution in [0.5, 0.6) is 0 Å². The van der Waals surface area contributed by atoms with E-state index >= 15 is 0 Å². The molecule has 0 aromatic heterocycles. The van der Waals surface area contributed by atoms with Gasteiger partial charge < -0.3 is 15.1 Å². The first-order valence-electron chi connectivity index (χ1n) is 14.6. The van der Waals surface area contributed by atoms with Crippen LogP contribution in [0.1, 0.15) is 74.5 Å². The predicted molar refractivity (Wildman–Crippen MR) is 154 cm³/mol. The number of fused-ring (bicyclic) bond motifs is 2. The molecule has 6 rings (SSSR count). The minimum atomic E-state index is -0.384. The van der Waals surface area contributed by atoms with E-state index in [1.807, 2.05) is 4.90 Å². The summed E-state index contributed by atoms with van der Waals surface area (Å²) < 4.78 is 1.02. The lowest BCUT2D eigenvalue weighted by Crippen LogP contribution is -2.58. The van der Waals surface area contributed by atoms with Crippen molar-refractivity contribution in [3.05, 3.63) is 69.7 Å². The van der Waals surface area contributed by atoms with Crippen molar-refractivity contribution in [3.63, 3.8) is 0 Å². The van der Waals surface area contributed by atoms with E-state index in [4.69, 9.17) is 0 Å². The number of halogens is 1. The highest BCUT2D eigenvalue weighted by molar-refractivity contribution is 9.10. The van der Waals surface area contributed by atoms with Gasteiger partial charge in [-0.3, -0.25) is 9.59 Å². The van der Waals surface area contributed by atoms with E-state index in [2.05, 4.69) is 74.7 Å². The second kappa shape index (κ2) is 10.8. The summed E-state index contributed by atoms with van der Waals surface area (Å²) in [5.74, 6) is 1.33. The molecule has 2 saturated heterocycles. The van der Waals surface area contributed by atoms with Gasteiger partial charge in [-0.15, -0.1) is 0 Å². The number of amides is 2. The Labute approximate surface area is 235 Å². The summed E-state index contributed by atoms with van der Waals surface area (Å²) in [7, 11) is 0. The topological polar surface area (TPSA) is 52.7 Å². The number of piperidine rings is 1. The zero-order chi connectivity index (χ0) is 26.3. The average Bonchev–Trinajstić information content (AvgIpc) is 3.36. The summed E-state index contributed by atoms with van der Waals surface area (Å²) in [6.45, 7) is 5.11. The van der Waals surface area contributed by atoms with Gasteiger partial charge in [0.2, 0.25) is 11.8 Å². The molecule has 4 aliphatic rings. The van der Waals surface area contributed by atoms with E-state index in [1.54, 1.807) is 6.92 Å². The monoisotopic (exact) mass is 577 g/mol. The fourth-order valence-electron chi connectivity index (χ4n) is 8.08. The summed E-state index contributed by atoms with van der Waals surface area (Å²) in [5, 5.41) is 3.60. The van der Waals surface area contributed by atoms with E-state index < -0.39 is 0 Å². The Hall–Kier alpha value is -2.18. The lowest BCUT2D eigenvalue weighted by Gasteiger charge is -2.49. The molecule has 1 saturated carbocycles. The summed E-state index contributed by atoms with van der Waals surface area (Å²) in [6, 6.07) is 17.7. The molecule has 3 fully saturated rings. The van der Waals surface area contributed by atoms with Gasteiger partial charge in [-0.2, -0.15) is 0 Å². The smallest absolute Gasteiger partial charge is 0.228 e. The van der Waals surface area contributed by atoms with Crippen LogP contribution in [-0.4, -0.2) is 53.8 Å². The Morgan fingerprint density at radius 3 is 2.58 bits per heavy atom. The number of carbonyl (C=O) groups is 2. The zero-order valence-electron chi connectivity index (χ0n) is 22.5. The van der Waals surface area contributed by atoms with Gasteiger partial charge in [0.1, 0.15) is 0 Å². The molecular weight excluding hydrogens is 538 g/mol. The van der Waals surface area contributed by atoms with E-state index in [1.165, 1.54) is 43.2 Å². The highest BCUT2D eigenvalue weighted by Gasteiger charge is 2.54. The molecule has 5 nitrogen and oxygen atoms in total. The molecule has 3 aliphatic heterocycles. The first kappa shape index (κ1) is 26.1. The second-order valence-electron chi connectivity index (χ2n) is 12.1. The molecular formula is C32H40BrN3O2. The van der Waals surface area contributed by atoms with Crippen molar-refractivity contribution in [1.82, 2.24) is 15.1 Å². The average molecular weight is 579 g/mol. The SMILES string of the molecule is CC(=O)N1Cc2cc(Br)ccc2[C@@]2(CNC[C@H]2C(=O)N2CC[C@@H](c3ccccc3)C[C@H]2C2CCCCC2)C1. The van der Waals surface area contributed by atoms with Gasteiger partial charge in [0.15, 0.2) is 0 Å². The maximum atomic E-state index is 14.7. The number of rotatable bonds is 3. The predicted octanol–water partition coefficient (Wildman–Crippen LogP) is 5.62. The molecule has 1 N–H and O–H groups in total. The highest BCUT2D eigenvalue weighted by Crippen LogP contribution is 2.46. The third-order valence-corrected chi connectivity index (χ3v) is 10.5. The molecule has 3 heterocycles. The van der Waals surface area contributed by atoms with Crippen LogP contribution in [0.3, 0.4) is 0 Å². The Morgan fingerprint density at radius 1 is 1.03 bits per heavy atom.